The van der Waals surface area contributed by atoms with Gasteiger partial charge in [-0.1, -0.05) is 67.6 Å². The van der Waals surface area contributed by atoms with Crippen molar-refractivity contribution in [1.82, 2.24) is 4.90 Å². The van der Waals surface area contributed by atoms with Gasteiger partial charge in [-0.15, -0.1) is 0 Å². The number of hydrogen-bond donors (Lipinski definition) is 0. The minimum absolute atomic E-state index is 0.0838. The highest BCUT2D eigenvalue weighted by Gasteiger charge is 2.25. The van der Waals surface area contributed by atoms with Crippen LogP contribution in [-0.2, 0) is 17.9 Å². The monoisotopic (exact) mass is 377 g/mol. The molecule has 0 aliphatic rings. The van der Waals surface area contributed by atoms with Crippen molar-refractivity contribution in [2.45, 2.75) is 32.5 Å². The molecule has 4 heteroatoms. The molecule has 1 atom stereocenters. The van der Waals surface area contributed by atoms with Gasteiger partial charge < -0.3 is 9.64 Å². The third-order valence-corrected chi connectivity index (χ3v) is 4.48. The van der Waals surface area contributed by atoms with Crippen molar-refractivity contribution in [3.63, 3.8) is 0 Å². The second-order valence-corrected chi connectivity index (χ2v) is 6.63. The molecule has 144 valence electrons. The van der Waals surface area contributed by atoms with E-state index in [0.29, 0.717) is 25.3 Å². The van der Waals surface area contributed by atoms with Crippen LogP contribution in [0.5, 0.6) is 5.75 Å². The van der Waals surface area contributed by atoms with Gasteiger partial charge in [-0.25, -0.2) is 4.39 Å². The van der Waals surface area contributed by atoms with Crippen LogP contribution >= 0.6 is 0 Å². The second-order valence-electron chi connectivity index (χ2n) is 6.63. The highest BCUT2D eigenvalue weighted by atomic mass is 19.1. The maximum absolute atomic E-state index is 13.3. The Balaban J connectivity index is 1.79. The maximum Gasteiger partial charge on any atom is 0.264 e. The Morgan fingerprint density at radius 3 is 1.82 bits per heavy atom. The Bertz CT molecular complexity index is 825. The number of rotatable bonds is 8. The fraction of sp³-hybridized carbons (Fsp3) is 0.208. The van der Waals surface area contributed by atoms with Crippen molar-refractivity contribution < 1.29 is 13.9 Å². The Labute approximate surface area is 165 Å². The van der Waals surface area contributed by atoms with Crippen molar-refractivity contribution >= 4 is 5.91 Å². The molecule has 0 saturated heterocycles. The zero-order chi connectivity index (χ0) is 19.8. The normalized spacial score (nSPS) is 11.6. The summed E-state index contributed by atoms with van der Waals surface area (Å²) in [7, 11) is 0. The van der Waals surface area contributed by atoms with Gasteiger partial charge in [-0.2, -0.15) is 0 Å². The number of carbonyl (C=O) groups is 1. The van der Waals surface area contributed by atoms with Crippen molar-refractivity contribution in [2.75, 3.05) is 0 Å². The lowest BCUT2D eigenvalue weighted by atomic mass is 10.1. The van der Waals surface area contributed by atoms with E-state index in [9.17, 15) is 9.18 Å². The summed E-state index contributed by atoms with van der Waals surface area (Å²) in [6.07, 6.45) is -0.103. The predicted molar refractivity (Wildman–Crippen MR) is 108 cm³/mol. The molecule has 0 aliphatic carbocycles. The summed E-state index contributed by atoms with van der Waals surface area (Å²) < 4.78 is 19.0. The average Bonchev–Trinajstić information content (AvgIpc) is 2.74. The van der Waals surface area contributed by atoms with Crippen LogP contribution < -0.4 is 4.74 Å². The summed E-state index contributed by atoms with van der Waals surface area (Å²) >= 11 is 0. The molecular weight excluding hydrogens is 353 g/mol. The van der Waals surface area contributed by atoms with Crippen LogP contribution in [0.2, 0.25) is 0 Å². The molecule has 0 unspecified atom stereocenters. The fourth-order valence-corrected chi connectivity index (χ4v) is 3.01. The summed E-state index contributed by atoms with van der Waals surface area (Å²) in [5.41, 5.74) is 2.12. The van der Waals surface area contributed by atoms with Crippen LogP contribution in [0, 0.1) is 5.82 Å². The SMILES string of the molecule is CC[C@H](Oc1ccc(F)cc1)C(=O)N(Cc1ccccc1)Cc1ccccc1. The molecule has 1 amide bonds. The molecule has 0 saturated carbocycles. The quantitative estimate of drug-likeness (QED) is 0.539. The zero-order valence-electron chi connectivity index (χ0n) is 15.9. The Morgan fingerprint density at radius 2 is 1.36 bits per heavy atom. The van der Waals surface area contributed by atoms with Crippen molar-refractivity contribution in [2.24, 2.45) is 0 Å². The number of amides is 1. The van der Waals surface area contributed by atoms with E-state index in [4.69, 9.17) is 4.74 Å². The summed E-state index contributed by atoms with van der Waals surface area (Å²) in [6.45, 7) is 2.91. The third kappa shape index (κ3) is 5.43. The molecule has 0 bridgehead atoms. The Morgan fingerprint density at radius 1 is 0.857 bits per heavy atom. The van der Waals surface area contributed by atoms with Crippen LogP contribution in [0.15, 0.2) is 84.9 Å². The van der Waals surface area contributed by atoms with Crippen LogP contribution in [-0.4, -0.2) is 16.9 Å². The molecule has 3 nitrogen and oxygen atoms in total. The largest absolute Gasteiger partial charge is 0.481 e. The number of carbonyl (C=O) groups excluding carboxylic acids is 1. The lowest BCUT2D eigenvalue weighted by Gasteiger charge is -2.27. The van der Waals surface area contributed by atoms with Gasteiger partial charge in [0.05, 0.1) is 0 Å². The molecule has 0 radical (unpaired) electrons. The third-order valence-electron chi connectivity index (χ3n) is 4.48. The van der Waals surface area contributed by atoms with E-state index < -0.39 is 6.10 Å². The summed E-state index contributed by atoms with van der Waals surface area (Å²) in [5.74, 6) is 0.0713. The minimum atomic E-state index is -0.627. The Kier molecular flexibility index (Phi) is 6.79. The summed E-state index contributed by atoms with van der Waals surface area (Å²) in [4.78, 5) is 15.1. The minimum Gasteiger partial charge on any atom is -0.481 e. The van der Waals surface area contributed by atoms with Crippen molar-refractivity contribution in [1.29, 1.82) is 0 Å². The van der Waals surface area contributed by atoms with Gasteiger partial charge in [0, 0.05) is 13.1 Å². The molecule has 0 N–H and O–H groups in total. The molecule has 28 heavy (non-hydrogen) atoms. The topological polar surface area (TPSA) is 29.5 Å². The van der Waals surface area contributed by atoms with Gasteiger partial charge in [-0.3, -0.25) is 4.79 Å². The number of nitrogens with zero attached hydrogens (tertiary/aromatic N) is 1. The van der Waals surface area contributed by atoms with E-state index in [0.717, 1.165) is 11.1 Å². The van der Waals surface area contributed by atoms with Crippen LogP contribution in [0.25, 0.3) is 0 Å². The fourth-order valence-electron chi connectivity index (χ4n) is 3.01. The number of ether oxygens (including phenoxy) is 1. The van der Waals surface area contributed by atoms with E-state index in [1.54, 1.807) is 12.1 Å². The highest BCUT2D eigenvalue weighted by Crippen LogP contribution is 2.18. The standard InChI is InChI=1S/C24H24FNO2/c1-2-23(28-22-15-13-21(25)14-16-22)24(27)26(17-19-9-5-3-6-10-19)18-20-11-7-4-8-12-20/h3-16,23H,2,17-18H2,1H3/t23-/m0/s1. The predicted octanol–water partition coefficient (Wildman–Crippen LogP) is 5.21. The van der Waals surface area contributed by atoms with Gasteiger partial charge in [0.15, 0.2) is 6.10 Å². The van der Waals surface area contributed by atoms with Crippen molar-refractivity contribution in [3.05, 3.63) is 102 Å². The first-order valence-electron chi connectivity index (χ1n) is 9.44. The molecular formula is C24H24FNO2. The van der Waals surface area contributed by atoms with Gasteiger partial charge in [-0.05, 0) is 41.8 Å². The molecule has 3 aromatic carbocycles. The zero-order valence-corrected chi connectivity index (χ0v) is 15.9. The first kappa shape index (κ1) is 19.6. The summed E-state index contributed by atoms with van der Waals surface area (Å²) in [5, 5.41) is 0. The Hall–Kier alpha value is -3.14. The van der Waals surface area contributed by atoms with E-state index in [1.165, 1.54) is 12.1 Å². The van der Waals surface area contributed by atoms with Crippen LogP contribution in [0.1, 0.15) is 24.5 Å². The lowest BCUT2D eigenvalue weighted by Crippen LogP contribution is -2.41. The molecule has 3 rings (SSSR count). The lowest BCUT2D eigenvalue weighted by molar-refractivity contribution is -0.140. The molecule has 3 aromatic rings. The number of hydrogen-bond acceptors (Lipinski definition) is 2. The maximum atomic E-state index is 13.3. The van der Waals surface area contributed by atoms with E-state index >= 15 is 0 Å². The van der Waals surface area contributed by atoms with Gasteiger partial charge in [0.1, 0.15) is 11.6 Å². The second kappa shape index (κ2) is 9.70. The smallest absolute Gasteiger partial charge is 0.264 e. The number of halogens is 1. The molecule has 0 fully saturated rings. The highest BCUT2D eigenvalue weighted by molar-refractivity contribution is 5.81. The van der Waals surface area contributed by atoms with Gasteiger partial charge in [0.25, 0.3) is 5.91 Å². The molecule has 0 heterocycles. The molecule has 0 spiro atoms. The van der Waals surface area contributed by atoms with Gasteiger partial charge in [0.2, 0.25) is 0 Å². The van der Waals surface area contributed by atoms with Crippen molar-refractivity contribution in [3.8, 4) is 5.75 Å². The molecule has 0 aromatic heterocycles. The first-order chi connectivity index (χ1) is 13.7. The van der Waals surface area contributed by atoms with E-state index in [2.05, 4.69) is 0 Å². The van der Waals surface area contributed by atoms with Gasteiger partial charge >= 0.3 is 0 Å². The average molecular weight is 377 g/mol. The van der Waals surface area contributed by atoms with Crippen LogP contribution in [0.4, 0.5) is 4.39 Å². The number of benzene rings is 3. The van der Waals surface area contributed by atoms with E-state index in [1.807, 2.05) is 72.5 Å². The molecule has 0 aliphatic heterocycles. The summed E-state index contributed by atoms with van der Waals surface area (Å²) in [6, 6.07) is 25.6. The van der Waals surface area contributed by atoms with Crippen LogP contribution in [0.3, 0.4) is 0 Å². The van der Waals surface area contributed by atoms with E-state index in [-0.39, 0.29) is 11.7 Å². The first-order valence-corrected chi connectivity index (χ1v) is 9.44.